The largest absolute Gasteiger partial charge is 0.493 e. The zero-order valence-corrected chi connectivity index (χ0v) is 10.3. The van der Waals surface area contributed by atoms with Crippen LogP contribution < -0.4 is 9.47 Å². The summed E-state index contributed by atoms with van der Waals surface area (Å²) in [5.74, 6) is 0.157. The summed E-state index contributed by atoms with van der Waals surface area (Å²) in [7, 11) is 2.72. The number of carbonyl (C=O) groups excluding carboxylic acids is 1. The maximum Gasteiger partial charge on any atom is 0.315 e. The molecule has 0 saturated carbocycles. The van der Waals surface area contributed by atoms with Crippen LogP contribution in [0.25, 0.3) is 6.08 Å². The van der Waals surface area contributed by atoms with E-state index in [9.17, 15) is 14.9 Å². The summed E-state index contributed by atoms with van der Waals surface area (Å²) >= 11 is 0. The minimum atomic E-state index is -0.563. The predicted octanol–water partition coefficient (Wildman–Crippen LogP) is 2.21. The van der Waals surface area contributed by atoms with Crippen LogP contribution in [-0.2, 0) is 4.79 Å². The van der Waals surface area contributed by atoms with Gasteiger partial charge in [0.1, 0.15) is 0 Å². The van der Waals surface area contributed by atoms with Crippen molar-refractivity contribution < 1.29 is 19.2 Å². The highest BCUT2D eigenvalue weighted by Crippen LogP contribution is 2.38. The molecule has 0 saturated heterocycles. The number of hydrogen-bond donors (Lipinski definition) is 0. The molecular formula is C12H13NO5. The molecule has 0 heterocycles. The lowest BCUT2D eigenvalue weighted by atomic mass is 10.1. The Morgan fingerprint density at radius 1 is 1.33 bits per heavy atom. The minimum Gasteiger partial charge on any atom is -0.493 e. The number of nitro groups is 1. The number of nitrogens with zero attached hydrogens (tertiary/aromatic N) is 1. The molecular weight excluding hydrogens is 238 g/mol. The topological polar surface area (TPSA) is 78.7 Å². The van der Waals surface area contributed by atoms with E-state index in [1.54, 1.807) is 6.07 Å². The quantitative estimate of drug-likeness (QED) is 0.455. The van der Waals surface area contributed by atoms with E-state index in [0.717, 1.165) is 0 Å². The SMILES string of the molecule is COc1cc(/C=C/C(C)=O)cc([N+](=O)[O-])c1OC. The van der Waals surface area contributed by atoms with Gasteiger partial charge in [-0.25, -0.2) is 0 Å². The summed E-state index contributed by atoms with van der Waals surface area (Å²) in [4.78, 5) is 21.2. The number of ketones is 1. The van der Waals surface area contributed by atoms with Crippen LogP contribution in [-0.4, -0.2) is 24.9 Å². The van der Waals surface area contributed by atoms with Crippen molar-refractivity contribution in [2.45, 2.75) is 6.92 Å². The normalized spacial score (nSPS) is 10.4. The van der Waals surface area contributed by atoms with Gasteiger partial charge in [0, 0.05) is 6.07 Å². The van der Waals surface area contributed by atoms with Gasteiger partial charge in [-0.1, -0.05) is 6.08 Å². The number of hydrogen-bond acceptors (Lipinski definition) is 5. The van der Waals surface area contributed by atoms with Crippen molar-refractivity contribution in [3.63, 3.8) is 0 Å². The molecule has 0 bridgehead atoms. The fourth-order valence-corrected chi connectivity index (χ4v) is 1.41. The van der Waals surface area contributed by atoms with E-state index in [2.05, 4.69) is 0 Å². The van der Waals surface area contributed by atoms with E-state index in [-0.39, 0.29) is 23.0 Å². The van der Waals surface area contributed by atoms with Gasteiger partial charge in [0.25, 0.3) is 0 Å². The third-order valence-electron chi connectivity index (χ3n) is 2.19. The molecule has 0 N–H and O–H groups in total. The van der Waals surface area contributed by atoms with Crippen LogP contribution in [0.1, 0.15) is 12.5 Å². The Kier molecular flexibility index (Phi) is 4.42. The Balaban J connectivity index is 3.36. The Bertz CT molecular complexity index is 507. The smallest absolute Gasteiger partial charge is 0.315 e. The van der Waals surface area contributed by atoms with Crippen LogP contribution in [0.2, 0.25) is 0 Å². The Hall–Kier alpha value is -2.37. The molecule has 96 valence electrons. The second-order valence-corrected chi connectivity index (χ2v) is 3.48. The van der Waals surface area contributed by atoms with Gasteiger partial charge in [-0.05, 0) is 24.6 Å². The van der Waals surface area contributed by atoms with E-state index >= 15 is 0 Å². The number of ether oxygens (including phenoxy) is 2. The molecule has 0 fully saturated rings. The number of allylic oxidation sites excluding steroid dienone is 1. The first-order chi connectivity index (χ1) is 8.49. The molecule has 1 aromatic carbocycles. The molecule has 0 aliphatic rings. The van der Waals surface area contributed by atoms with E-state index in [1.807, 2.05) is 0 Å². The molecule has 0 aromatic heterocycles. The van der Waals surface area contributed by atoms with Gasteiger partial charge in [-0.2, -0.15) is 0 Å². The molecule has 0 atom stereocenters. The summed E-state index contributed by atoms with van der Waals surface area (Å²) in [5, 5.41) is 10.9. The zero-order valence-electron chi connectivity index (χ0n) is 10.3. The van der Waals surface area contributed by atoms with Crippen molar-refractivity contribution in [3.8, 4) is 11.5 Å². The number of nitro benzene ring substituents is 1. The van der Waals surface area contributed by atoms with Gasteiger partial charge in [0.05, 0.1) is 19.1 Å². The minimum absolute atomic E-state index is 0.0578. The lowest BCUT2D eigenvalue weighted by molar-refractivity contribution is -0.385. The van der Waals surface area contributed by atoms with Gasteiger partial charge in [-0.3, -0.25) is 14.9 Å². The van der Waals surface area contributed by atoms with Gasteiger partial charge < -0.3 is 9.47 Å². The molecule has 0 spiro atoms. The molecule has 0 amide bonds. The number of carbonyl (C=O) groups is 1. The highest BCUT2D eigenvalue weighted by molar-refractivity contribution is 5.91. The second kappa shape index (κ2) is 5.81. The average molecular weight is 251 g/mol. The molecule has 0 unspecified atom stereocenters. The van der Waals surface area contributed by atoms with Gasteiger partial charge in [0.15, 0.2) is 11.5 Å². The van der Waals surface area contributed by atoms with Crippen molar-refractivity contribution in [1.29, 1.82) is 0 Å². The van der Waals surface area contributed by atoms with Crippen LogP contribution in [0.15, 0.2) is 18.2 Å². The summed E-state index contributed by atoms with van der Waals surface area (Å²) in [6.45, 7) is 1.39. The van der Waals surface area contributed by atoms with E-state index in [0.29, 0.717) is 5.56 Å². The summed E-state index contributed by atoms with van der Waals surface area (Å²) in [6, 6.07) is 2.88. The second-order valence-electron chi connectivity index (χ2n) is 3.48. The third kappa shape index (κ3) is 3.07. The average Bonchev–Trinajstić information content (AvgIpc) is 2.34. The molecule has 6 heteroatoms. The van der Waals surface area contributed by atoms with Crippen molar-refractivity contribution in [2.75, 3.05) is 14.2 Å². The first-order valence-electron chi connectivity index (χ1n) is 5.08. The molecule has 1 aromatic rings. The lowest BCUT2D eigenvalue weighted by Gasteiger charge is -2.08. The van der Waals surface area contributed by atoms with E-state index < -0.39 is 4.92 Å². The lowest BCUT2D eigenvalue weighted by Crippen LogP contribution is -1.98. The Morgan fingerprint density at radius 2 is 2.00 bits per heavy atom. The molecule has 0 aliphatic carbocycles. The van der Waals surface area contributed by atoms with Crippen molar-refractivity contribution in [2.24, 2.45) is 0 Å². The van der Waals surface area contributed by atoms with Crippen molar-refractivity contribution in [1.82, 2.24) is 0 Å². The molecule has 0 aliphatic heterocycles. The van der Waals surface area contributed by atoms with Gasteiger partial charge in [0.2, 0.25) is 5.75 Å². The fraction of sp³-hybridized carbons (Fsp3) is 0.250. The monoisotopic (exact) mass is 251 g/mol. The van der Waals surface area contributed by atoms with Crippen LogP contribution in [0.4, 0.5) is 5.69 Å². The Morgan fingerprint density at radius 3 is 2.44 bits per heavy atom. The standard InChI is InChI=1S/C12H13NO5/c1-8(14)4-5-9-6-10(13(15)16)12(18-3)11(7-9)17-2/h4-7H,1-3H3/b5-4+. The van der Waals surface area contributed by atoms with E-state index in [1.165, 1.54) is 39.4 Å². The maximum absolute atomic E-state index is 10.9. The summed E-state index contributed by atoms with van der Waals surface area (Å²) < 4.78 is 9.98. The predicted molar refractivity (Wildman–Crippen MR) is 65.9 cm³/mol. The van der Waals surface area contributed by atoms with Crippen LogP contribution >= 0.6 is 0 Å². The number of methoxy groups -OCH3 is 2. The van der Waals surface area contributed by atoms with Crippen LogP contribution in [0.3, 0.4) is 0 Å². The molecule has 1 rings (SSSR count). The van der Waals surface area contributed by atoms with Crippen molar-refractivity contribution >= 4 is 17.5 Å². The highest BCUT2D eigenvalue weighted by atomic mass is 16.6. The van der Waals surface area contributed by atoms with Crippen LogP contribution in [0, 0.1) is 10.1 Å². The first-order valence-corrected chi connectivity index (χ1v) is 5.08. The molecule has 0 radical (unpaired) electrons. The highest BCUT2D eigenvalue weighted by Gasteiger charge is 2.20. The first kappa shape index (κ1) is 13.7. The summed E-state index contributed by atoms with van der Waals surface area (Å²) in [6.07, 6.45) is 2.81. The third-order valence-corrected chi connectivity index (χ3v) is 2.19. The maximum atomic E-state index is 10.9. The molecule has 6 nitrogen and oxygen atoms in total. The number of rotatable bonds is 5. The fourth-order valence-electron chi connectivity index (χ4n) is 1.41. The van der Waals surface area contributed by atoms with Crippen LogP contribution in [0.5, 0.6) is 11.5 Å². The zero-order chi connectivity index (χ0) is 13.7. The Labute approximate surface area is 104 Å². The molecule has 18 heavy (non-hydrogen) atoms. The van der Waals surface area contributed by atoms with Gasteiger partial charge >= 0.3 is 5.69 Å². The summed E-state index contributed by atoms with van der Waals surface area (Å²) in [5.41, 5.74) is 0.287. The van der Waals surface area contributed by atoms with E-state index in [4.69, 9.17) is 9.47 Å². The van der Waals surface area contributed by atoms with Crippen molar-refractivity contribution in [3.05, 3.63) is 33.9 Å². The van der Waals surface area contributed by atoms with Gasteiger partial charge in [-0.15, -0.1) is 0 Å². The number of benzene rings is 1.